The lowest BCUT2D eigenvalue weighted by Crippen LogP contribution is -2.25. The minimum absolute atomic E-state index is 0.00534. The highest BCUT2D eigenvalue weighted by molar-refractivity contribution is 9.08. The quantitative estimate of drug-likeness (QED) is 0.447. The molecular weight excluding hydrogens is 515 g/mol. The minimum Gasteiger partial charge on any atom is -0.545 e. The first-order chi connectivity index (χ1) is 14.9. The Morgan fingerprint density at radius 1 is 1.22 bits per heavy atom. The van der Waals surface area contributed by atoms with Crippen LogP contribution in [0.3, 0.4) is 0 Å². The van der Waals surface area contributed by atoms with Gasteiger partial charge in [0.1, 0.15) is 10.6 Å². The summed E-state index contributed by atoms with van der Waals surface area (Å²) in [6, 6.07) is 6.73. The largest absolute Gasteiger partial charge is 0.545 e. The Morgan fingerprint density at radius 3 is 2.44 bits per heavy atom. The van der Waals surface area contributed by atoms with Crippen molar-refractivity contribution in [1.29, 1.82) is 0 Å². The maximum Gasteiger partial charge on any atom is 0.416 e. The number of alkyl halides is 4. The van der Waals surface area contributed by atoms with Crippen LogP contribution in [0.5, 0.6) is 5.75 Å². The predicted octanol–water partition coefficient (Wildman–Crippen LogP) is 3.98. The normalized spacial score (nSPS) is 12.2. The number of nitrogens with zero attached hydrogens (tertiary/aromatic N) is 1. The first-order valence-electron chi connectivity index (χ1n) is 9.16. The van der Waals surface area contributed by atoms with Gasteiger partial charge in [0.05, 0.1) is 29.4 Å². The van der Waals surface area contributed by atoms with Crippen molar-refractivity contribution in [3.8, 4) is 17.0 Å². The van der Waals surface area contributed by atoms with E-state index in [2.05, 4.69) is 20.9 Å². The third-order valence-corrected chi connectivity index (χ3v) is 6.33. The number of aromatic carboxylic acids is 1. The van der Waals surface area contributed by atoms with Crippen LogP contribution in [0.25, 0.3) is 22.2 Å². The van der Waals surface area contributed by atoms with E-state index in [1.807, 2.05) is 0 Å². The second-order valence-corrected chi connectivity index (χ2v) is 9.38. The van der Waals surface area contributed by atoms with Gasteiger partial charge in [-0.15, -0.1) is 0 Å². The number of sulfone groups is 1. The average Bonchev–Trinajstić information content (AvgIpc) is 2.70. The van der Waals surface area contributed by atoms with Crippen LogP contribution in [0.2, 0.25) is 0 Å². The summed E-state index contributed by atoms with van der Waals surface area (Å²) in [5.41, 5.74) is -1.15. The van der Waals surface area contributed by atoms with E-state index >= 15 is 0 Å². The van der Waals surface area contributed by atoms with E-state index < -0.39 is 27.5 Å². The molecule has 11 heteroatoms. The predicted molar refractivity (Wildman–Crippen MR) is 113 cm³/mol. The molecule has 0 fully saturated rings. The molecule has 0 N–H and O–H groups in total. The zero-order chi connectivity index (χ0) is 23.8. The molecule has 0 aliphatic heterocycles. The number of hydrogen-bond acceptors (Lipinski definition) is 6. The van der Waals surface area contributed by atoms with E-state index in [1.54, 1.807) is 6.92 Å². The number of hydrogen-bond donors (Lipinski definition) is 0. The van der Waals surface area contributed by atoms with Crippen LogP contribution >= 0.6 is 15.9 Å². The maximum atomic E-state index is 13.2. The molecule has 0 unspecified atom stereocenters. The zero-order valence-electron chi connectivity index (χ0n) is 16.8. The molecule has 6 nitrogen and oxygen atoms in total. The summed E-state index contributed by atoms with van der Waals surface area (Å²) in [7, 11) is -3.80. The average molecular weight is 531 g/mol. The molecule has 0 bridgehead atoms. The second kappa shape index (κ2) is 8.70. The van der Waals surface area contributed by atoms with E-state index in [9.17, 15) is 31.5 Å². The van der Waals surface area contributed by atoms with Crippen LogP contribution in [0.15, 0.2) is 41.3 Å². The molecule has 0 spiro atoms. The maximum absolute atomic E-state index is 13.2. The number of carboxylic acids is 1. The number of carbonyl (C=O) groups is 1. The molecule has 1 heterocycles. The summed E-state index contributed by atoms with van der Waals surface area (Å²) in [6.45, 7) is 1.76. The van der Waals surface area contributed by atoms with Gasteiger partial charge in [-0.1, -0.05) is 28.1 Å². The highest BCUT2D eigenvalue weighted by Crippen LogP contribution is 2.38. The summed E-state index contributed by atoms with van der Waals surface area (Å²) in [5, 5.41) is 11.9. The monoisotopic (exact) mass is 530 g/mol. The number of rotatable bonds is 6. The number of carboxylic acid groups (broad SMARTS) is 1. The Labute approximate surface area is 190 Å². The van der Waals surface area contributed by atoms with Gasteiger partial charge in [0.25, 0.3) is 0 Å². The molecule has 0 atom stereocenters. The number of halogens is 4. The van der Waals surface area contributed by atoms with Crippen molar-refractivity contribution < 1.29 is 36.2 Å². The van der Waals surface area contributed by atoms with Crippen molar-refractivity contribution in [2.24, 2.45) is 0 Å². The summed E-state index contributed by atoms with van der Waals surface area (Å²) < 4.78 is 69.5. The van der Waals surface area contributed by atoms with Gasteiger partial charge >= 0.3 is 6.18 Å². The van der Waals surface area contributed by atoms with Gasteiger partial charge in [-0.3, -0.25) is 0 Å². The lowest BCUT2D eigenvalue weighted by molar-refractivity contribution is -0.254. The minimum atomic E-state index is -4.61. The van der Waals surface area contributed by atoms with Crippen LogP contribution in [0.1, 0.15) is 28.4 Å². The molecule has 32 heavy (non-hydrogen) atoms. The van der Waals surface area contributed by atoms with Gasteiger partial charge in [0.15, 0.2) is 9.84 Å². The molecule has 0 radical (unpaired) electrons. The molecule has 170 valence electrons. The highest BCUT2D eigenvalue weighted by Gasteiger charge is 2.31. The van der Waals surface area contributed by atoms with E-state index in [0.717, 1.165) is 24.5 Å². The van der Waals surface area contributed by atoms with Crippen LogP contribution in [0.4, 0.5) is 13.2 Å². The summed E-state index contributed by atoms with van der Waals surface area (Å²) >= 11 is 3.17. The van der Waals surface area contributed by atoms with Crippen LogP contribution in [0, 0.1) is 0 Å². The Hall–Kier alpha value is -2.66. The third kappa shape index (κ3) is 4.58. The molecular formula is C21H16BrF3NO5S-. The summed E-state index contributed by atoms with van der Waals surface area (Å²) in [6.07, 6.45) is -3.66. The molecule has 1 aromatic heterocycles. The standard InChI is InChI=1S/C21H17BrF3NO5S/c1-3-31-16-9-15-13(8-17(16)32(2,29)30)18(20(27)28)14(10-22)19(26-15)11-5-4-6-12(7-11)21(23,24)25/h4-9H,3,10H2,1-2H3,(H,27,28)/p-1. The van der Waals surface area contributed by atoms with Crippen molar-refractivity contribution in [1.82, 2.24) is 4.98 Å². The Morgan fingerprint density at radius 2 is 1.91 bits per heavy atom. The van der Waals surface area contributed by atoms with Gasteiger partial charge in [0, 0.05) is 34.2 Å². The van der Waals surface area contributed by atoms with Gasteiger partial charge < -0.3 is 14.6 Å². The number of benzene rings is 2. The Kier molecular flexibility index (Phi) is 6.52. The van der Waals surface area contributed by atoms with Crippen molar-refractivity contribution in [2.75, 3.05) is 12.9 Å². The van der Waals surface area contributed by atoms with Crippen molar-refractivity contribution in [3.05, 3.63) is 53.1 Å². The molecule has 2 aromatic carbocycles. The van der Waals surface area contributed by atoms with E-state index in [1.165, 1.54) is 18.2 Å². The molecule has 0 aliphatic rings. The fourth-order valence-corrected chi connectivity index (χ4v) is 4.67. The number of pyridine rings is 1. The van der Waals surface area contributed by atoms with E-state index in [0.29, 0.717) is 0 Å². The number of aromatic nitrogens is 1. The lowest BCUT2D eigenvalue weighted by atomic mass is 9.96. The number of carbonyl (C=O) groups excluding carboxylic acids is 1. The number of ether oxygens (including phenoxy) is 1. The van der Waals surface area contributed by atoms with Gasteiger partial charge in [-0.2, -0.15) is 13.2 Å². The smallest absolute Gasteiger partial charge is 0.416 e. The lowest BCUT2D eigenvalue weighted by Gasteiger charge is -2.19. The van der Waals surface area contributed by atoms with Crippen molar-refractivity contribution >= 4 is 42.6 Å². The topological polar surface area (TPSA) is 96.4 Å². The first-order valence-corrected chi connectivity index (χ1v) is 12.2. The molecule has 0 saturated carbocycles. The molecule has 3 rings (SSSR count). The zero-order valence-corrected chi connectivity index (χ0v) is 19.2. The second-order valence-electron chi connectivity index (χ2n) is 6.83. The van der Waals surface area contributed by atoms with Crippen molar-refractivity contribution in [2.45, 2.75) is 23.3 Å². The van der Waals surface area contributed by atoms with Gasteiger partial charge in [0.2, 0.25) is 0 Å². The Balaban J connectivity index is 2.45. The summed E-state index contributed by atoms with van der Waals surface area (Å²) in [4.78, 5) is 16.2. The van der Waals surface area contributed by atoms with Gasteiger partial charge in [-0.05, 0) is 30.7 Å². The van der Waals surface area contributed by atoms with Crippen LogP contribution in [-0.4, -0.2) is 32.2 Å². The van der Waals surface area contributed by atoms with Crippen LogP contribution in [-0.2, 0) is 21.3 Å². The fraction of sp³-hybridized carbons (Fsp3) is 0.238. The SMILES string of the molecule is CCOc1cc2nc(-c3cccc(C(F)(F)F)c3)c(CBr)c(C(=O)[O-])c2cc1S(C)(=O)=O. The molecule has 3 aromatic rings. The van der Waals surface area contributed by atoms with Gasteiger partial charge in [-0.25, -0.2) is 13.4 Å². The van der Waals surface area contributed by atoms with Crippen molar-refractivity contribution in [3.63, 3.8) is 0 Å². The molecule has 0 saturated heterocycles. The third-order valence-electron chi connectivity index (χ3n) is 4.65. The van der Waals surface area contributed by atoms with Crippen LogP contribution < -0.4 is 9.84 Å². The highest BCUT2D eigenvalue weighted by atomic mass is 79.9. The Bertz CT molecular complexity index is 1320. The molecule has 0 aliphatic carbocycles. The summed E-state index contributed by atoms with van der Waals surface area (Å²) in [5.74, 6) is -1.66. The van der Waals surface area contributed by atoms with E-state index in [4.69, 9.17) is 4.74 Å². The first kappa shape index (κ1) is 24.0. The number of fused-ring (bicyclic) bond motifs is 1. The fourth-order valence-electron chi connectivity index (χ4n) is 3.31. The van der Waals surface area contributed by atoms with E-state index in [-0.39, 0.29) is 55.9 Å². The molecule has 0 amide bonds.